The van der Waals surface area contributed by atoms with Crippen molar-refractivity contribution in [2.75, 3.05) is 34.5 Å². The van der Waals surface area contributed by atoms with Gasteiger partial charge in [0.25, 0.3) is 0 Å². The molecule has 0 aliphatic carbocycles. The number of carbonyl (C=O) groups excluding carboxylic acids is 1. The number of methoxy groups -OCH3 is 2. The zero-order valence-corrected chi connectivity index (χ0v) is 20.8. The van der Waals surface area contributed by atoms with Gasteiger partial charge in [0.1, 0.15) is 0 Å². The van der Waals surface area contributed by atoms with Crippen molar-refractivity contribution in [3.05, 3.63) is 59.7 Å². The molecule has 0 aromatic heterocycles. The molecule has 0 saturated carbocycles. The van der Waals surface area contributed by atoms with E-state index in [0.717, 1.165) is 17.5 Å². The number of carbonyl (C=O) groups is 1. The van der Waals surface area contributed by atoms with Crippen molar-refractivity contribution in [1.29, 1.82) is 0 Å². The molecule has 2 rings (SSSR count). The fourth-order valence-corrected chi connectivity index (χ4v) is 3.81. The molecule has 3 atom stereocenters. The van der Waals surface area contributed by atoms with E-state index in [1.54, 1.807) is 26.2 Å². The molecule has 2 aromatic rings. The standard InChI is InChI=1S/C27H39NO5/c1-19(2)23(27(30)28(4)20(3)26(29)22-11-8-7-9-12-22)17-21-13-14-24(32-6)25(18-21)33-16-10-15-31-5/h7-9,11-14,18-20,23,26,29H,10,15-17H2,1-6H3. The first-order chi connectivity index (χ1) is 15.8. The molecular weight excluding hydrogens is 418 g/mol. The quantitative estimate of drug-likeness (QED) is 0.449. The lowest BCUT2D eigenvalue weighted by atomic mass is 9.87. The van der Waals surface area contributed by atoms with E-state index < -0.39 is 6.10 Å². The summed E-state index contributed by atoms with van der Waals surface area (Å²) >= 11 is 0. The van der Waals surface area contributed by atoms with E-state index >= 15 is 0 Å². The molecule has 182 valence electrons. The number of aliphatic hydroxyl groups excluding tert-OH is 1. The van der Waals surface area contributed by atoms with Crippen molar-refractivity contribution in [3.8, 4) is 11.5 Å². The van der Waals surface area contributed by atoms with Gasteiger partial charge in [-0.3, -0.25) is 4.79 Å². The molecule has 0 saturated heterocycles. The summed E-state index contributed by atoms with van der Waals surface area (Å²) in [6, 6.07) is 14.9. The lowest BCUT2D eigenvalue weighted by Gasteiger charge is -2.33. The summed E-state index contributed by atoms with van der Waals surface area (Å²) in [7, 11) is 5.06. The van der Waals surface area contributed by atoms with Crippen LogP contribution in [0.1, 0.15) is 44.4 Å². The van der Waals surface area contributed by atoms with Gasteiger partial charge in [-0.1, -0.05) is 50.2 Å². The Labute approximate surface area is 198 Å². The minimum Gasteiger partial charge on any atom is -0.493 e. The van der Waals surface area contributed by atoms with E-state index in [9.17, 15) is 9.90 Å². The van der Waals surface area contributed by atoms with Crippen molar-refractivity contribution >= 4 is 5.91 Å². The Bertz CT molecular complexity index is 855. The van der Waals surface area contributed by atoms with Gasteiger partial charge < -0.3 is 24.2 Å². The van der Waals surface area contributed by atoms with Gasteiger partial charge in [0.2, 0.25) is 5.91 Å². The predicted molar refractivity (Wildman–Crippen MR) is 131 cm³/mol. The maximum Gasteiger partial charge on any atom is 0.226 e. The Kier molecular flexibility index (Phi) is 10.7. The number of rotatable bonds is 13. The molecule has 6 nitrogen and oxygen atoms in total. The van der Waals surface area contributed by atoms with Crippen molar-refractivity contribution < 1.29 is 24.1 Å². The second-order valence-electron chi connectivity index (χ2n) is 8.78. The number of aliphatic hydroxyl groups is 1. The van der Waals surface area contributed by atoms with Gasteiger partial charge in [-0.25, -0.2) is 0 Å². The second-order valence-corrected chi connectivity index (χ2v) is 8.78. The van der Waals surface area contributed by atoms with Crippen LogP contribution in [-0.2, 0) is 16.0 Å². The van der Waals surface area contributed by atoms with Crippen LogP contribution in [0.2, 0.25) is 0 Å². The molecule has 0 fully saturated rings. The third kappa shape index (κ3) is 7.47. The zero-order valence-electron chi connectivity index (χ0n) is 20.8. The monoisotopic (exact) mass is 457 g/mol. The Morgan fingerprint density at radius 1 is 1.00 bits per heavy atom. The fourth-order valence-electron chi connectivity index (χ4n) is 3.81. The zero-order chi connectivity index (χ0) is 24.4. The topological polar surface area (TPSA) is 68.2 Å². The Balaban J connectivity index is 2.14. The van der Waals surface area contributed by atoms with E-state index in [2.05, 4.69) is 13.8 Å². The number of ether oxygens (including phenoxy) is 3. The molecule has 0 aliphatic rings. The van der Waals surface area contributed by atoms with Gasteiger partial charge in [-0.05, 0) is 42.5 Å². The van der Waals surface area contributed by atoms with Crippen LogP contribution in [0.5, 0.6) is 11.5 Å². The van der Waals surface area contributed by atoms with Crippen molar-refractivity contribution in [3.63, 3.8) is 0 Å². The third-order valence-electron chi connectivity index (χ3n) is 6.11. The summed E-state index contributed by atoms with van der Waals surface area (Å²) in [6.45, 7) is 7.15. The molecule has 0 heterocycles. The highest BCUT2D eigenvalue weighted by molar-refractivity contribution is 5.79. The van der Waals surface area contributed by atoms with Crippen molar-refractivity contribution in [1.82, 2.24) is 4.90 Å². The lowest BCUT2D eigenvalue weighted by molar-refractivity contribution is -0.139. The lowest BCUT2D eigenvalue weighted by Crippen LogP contribution is -2.44. The normalized spacial score (nSPS) is 13.9. The molecular formula is C27H39NO5. The molecule has 0 spiro atoms. The number of hydrogen-bond donors (Lipinski definition) is 1. The Morgan fingerprint density at radius 3 is 2.30 bits per heavy atom. The van der Waals surface area contributed by atoms with Crippen molar-refractivity contribution in [2.24, 2.45) is 11.8 Å². The maximum atomic E-state index is 13.5. The summed E-state index contributed by atoms with van der Waals surface area (Å²) in [6.07, 6.45) is 0.609. The number of likely N-dealkylation sites (N-methyl/N-ethyl adjacent to an activating group) is 1. The molecule has 1 N–H and O–H groups in total. The summed E-state index contributed by atoms with van der Waals surface area (Å²) in [5.41, 5.74) is 1.81. The summed E-state index contributed by atoms with van der Waals surface area (Å²) < 4.78 is 16.4. The molecule has 1 amide bonds. The highest BCUT2D eigenvalue weighted by atomic mass is 16.5. The van der Waals surface area contributed by atoms with E-state index in [0.29, 0.717) is 31.1 Å². The molecule has 0 radical (unpaired) electrons. The number of hydrogen-bond acceptors (Lipinski definition) is 5. The average molecular weight is 458 g/mol. The van der Waals surface area contributed by atoms with Crippen LogP contribution < -0.4 is 9.47 Å². The van der Waals surface area contributed by atoms with Gasteiger partial charge in [0.15, 0.2) is 11.5 Å². The second kappa shape index (κ2) is 13.2. The SMILES string of the molecule is COCCCOc1cc(CC(C(=O)N(C)C(C)C(O)c2ccccc2)C(C)C)ccc1OC. The Hall–Kier alpha value is -2.57. The van der Waals surface area contributed by atoms with Gasteiger partial charge in [-0.2, -0.15) is 0 Å². The minimum atomic E-state index is -0.749. The van der Waals surface area contributed by atoms with Gasteiger partial charge >= 0.3 is 0 Å². The summed E-state index contributed by atoms with van der Waals surface area (Å²) in [4.78, 5) is 15.1. The minimum absolute atomic E-state index is 0.0193. The highest BCUT2D eigenvalue weighted by Gasteiger charge is 2.31. The smallest absolute Gasteiger partial charge is 0.226 e. The van der Waals surface area contributed by atoms with Crippen LogP contribution in [0.3, 0.4) is 0 Å². The fraction of sp³-hybridized carbons (Fsp3) is 0.519. The van der Waals surface area contributed by atoms with E-state index in [1.165, 1.54) is 0 Å². The number of amides is 1. The summed E-state index contributed by atoms with van der Waals surface area (Å²) in [5, 5.41) is 10.8. The third-order valence-corrected chi connectivity index (χ3v) is 6.11. The molecule has 0 aliphatic heterocycles. The van der Waals surface area contributed by atoms with Crippen LogP contribution in [0.25, 0.3) is 0 Å². The van der Waals surface area contributed by atoms with E-state index in [1.807, 2.05) is 55.5 Å². The van der Waals surface area contributed by atoms with Crippen LogP contribution in [0.4, 0.5) is 0 Å². The number of nitrogens with zero attached hydrogens (tertiary/aromatic N) is 1. The van der Waals surface area contributed by atoms with Gasteiger partial charge in [0, 0.05) is 33.1 Å². The Morgan fingerprint density at radius 2 is 1.70 bits per heavy atom. The van der Waals surface area contributed by atoms with Crippen LogP contribution in [0, 0.1) is 11.8 Å². The van der Waals surface area contributed by atoms with Crippen LogP contribution in [0.15, 0.2) is 48.5 Å². The number of benzene rings is 2. The molecule has 33 heavy (non-hydrogen) atoms. The maximum absolute atomic E-state index is 13.5. The summed E-state index contributed by atoms with van der Waals surface area (Å²) in [5.74, 6) is 1.26. The molecule has 6 heteroatoms. The van der Waals surface area contributed by atoms with E-state index in [-0.39, 0.29) is 23.8 Å². The molecule has 2 aromatic carbocycles. The van der Waals surface area contributed by atoms with Crippen LogP contribution >= 0.6 is 0 Å². The molecule has 3 unspecified atom stereocenters. The highest BCUT2D eigenvalue weighted by Crippen LogP contribution is 2.31. The van der Waals surface area contributed by atoms with Gasteiger partial charge in [-0.15, -0.1) is 0 Å². The van der Waals surface area contributed by atoms with Crippen LogP contribution in [-0.4, -0.2) is 56.4 Å². The average Bonchev–Trinajstić information content (AvgIpc) is 2.83. The van der Waals surface area contributed by atoms with Gasteiger partial charge in [0.05, 0.1) is 25.9 Å². The van der Waals surface area contributed by atoms with E-state index in [4.69, 9.17) is 14.2 Å². The first-order valence-electron chi connectivity index (χ1n) is 11.6. The predicted octanol–water partition coefficient (Wildman–Crippen LogP) is 4.51. The molecule has 0 bridgehead atoms. The first-order valence-corrected chi connectivity index (χ1v) is 11.6. The largest absolute Gasteiger partial charge is 0.493 e. The first kappa shape index (κ1) is 26.7. The van der Waals surface area contributed by atoms with Crippen molar-refractivity contribution in [2.45, 2.75) is 45.8 Å².